The maximum Gasteiger partial charge on any atom is 0.490 e. The second-order valence-corrected chi connectivity index (χ2v) is 7.24. The van der Waals surface area contributed by atoms with Gasteiger partial charge in [0.2, 0.25) is 0 Å². The summed E-state index contributed by atoms with van der Waals surface area (Å²) in [4.78, 5) is 39.5. The average molecular weight is 445 g/mol. The number of nitrogens with one attached hydrogen (secondary N) is 3. The number of nitrogens with zero attached hydrogens (tertiary/aromatic N) is 2. The molecule has 0 unspecified atom stereocenters. The van der Waals surface area contributed by atoms with Crippen LogP contribution >= 0.6 is 0 Å². The van der Waals surface area contributed by atoms with E-state index >= 15 is 0 Å². The number of carboxylic acids is 1. The van der Waals surface area contributed by atoms with Crippen LogP contribution in [0, 0.1) is 5.92 Å². The number of hydrogen-bond donors (Lipinski definition) is 4. The van der Waals surface area contributed by atoms with E-state index < -0.39 is 12.1 Å². The third kappa shape index (κ3) is 7.00. The first kappa shape index (κ1) is 24.2. The molecular formula is C19H26F3N5O4. The molecule has 1 aromatic heterocycles. The van der Waals surface area contributed by atoms with E-state index in [1.54, 1.807) is 19.0 Å². The van der Waals surface area contributed by atoms with Gasteiger partial charge in [0.05, 0.1) is 5.56 Å². The predicted molar refractivity (Wildman–Crippen MR) is 106 cm³/mol. The number of carbonyl (C=O) groups excluding carboxylic acids is 2. The van der Waals surface area contributed by atoms with Gasteiger partial charge >= 0.3 is 18.2 Å². The summed E-state index contributed by atoms with van der Waals surface area (Å²) in [6.07, 6.45) is -1.18. The fourth-order valence-corrected chi connectivity index (χ4v) is 3.00. The van der Waals surface area contributed by atoms with E-state index in [9.17, 15) is 22.8 Å². The van der Waals surface area contributed by atoms with Crippen molar-refractivity contribution in [1.29, 1.82) is 0 Å². The zero-order valence-electron chi connectivity index (χ0n) is 17.3. The molecule has 2 heterocycles. The topological polar surface area (TPSA) is 124 Å². The molecule has 0 radical (unpaired) electrons. The van der Waals surface area contributed by atoms with Crippen LogP contribution in [0.15, 0.2) is 6.07 Å². The number of anilines is 1. The molecule has 12 heteroatoms. The molecule has 0 saturated heterocycles. The van der Waals surface area contributed by atoms with E-state index in [4.69, 9.17) is 14.9 Å². The molecule has 31 heavy (non-hydrogen) atoms. The highest BCUT2D eigenvalue weighted by Gasteiger charge is 2.38. The Morgan fingerprint density at radius 1 is 1.16 bits per heavy atom. The number of halogens is 3. The van der Waals surface area contributed by atoms with Crippen molar-refractivity contribution >= 4 is 23.7 Å². The molecule has 0 bridgehead atoms. The van der Waals surface area contributed by atoms with E-state index in [0.29, 0.717) is 43.2 Å². The molecule has 0 atom stereocenters. The van der Waals surface area contributed by atoms with Crippen molar-refractivity contribution in [3.05, 3.63) is 22.9 Å². The van der Waals surface area contributed by atoms with Gasteiger partial charge in [0.15, 0.2) is 0 Å². The van der Waals surface area contributed by atoms with E-state index in [0.717, 1.165) is 17.8 Å². The first-order valence-corrected chi connectivity index (χ1v) is 9.82. The molecule has 0 aromatic carbocycles. The highest BCUT2D eigenvalue weighted by molar-refractivity contribution is 5.98. The normalized spacial score (nSPS) is 15.6. The van der Waals surface area contributed by atoms with Crippen LogP contribution in [0.2, 0.25) is 0 Å². The summed E-state index contributed by atoms with van der Waals surface area (Å²) in [5.74, 6) is -1.52. The lowest BCUT2D eigenvalue weighted by molar-refractivity contribution is -0.192. The lowest BCUT2D eigenvalue weighted by atomic mass is 10.1. The van der Waals surface area contributed by atoms with E-state index in [2.05, 4.69) is 16.0 Å². The molecule has 2 aliphatic rings. The van der Waals surface area contributed by atoms with Crippen LogP contribution in [0.4, 0.5) is 23.8 Å². The molecule has 172 valence electrons. The van der Waals surface area contributed by atoms with Gasteiger partial charge in [-0.3, -0.25) is 4.79 Å². The standard InChI is InChI=1S/C17H25N5O2.C2HF3O2/c1-18-16(23)13-9-12-5-7-22(17(24)19-2)8-6-14(12)21-15(13)20-10-11-3-4-11;3-2(4,5)1(6)7/h9,11H,3-8,10H2,1-2H3,(H,18,23)(H,19,24)(H,20,21);(H,6,7). The highest BCUT2D eigenvalue weighted by Crippen LogP contribution is 2.30. The summed E-state index contributed by atoms with van der Waals surface area (Å²) in [5.41, 5.74) is 2.62. The van der Waals surface area contributed by atoms with Crippen LogP contribution in [0.1, 0.15) is 34.5 Å². The van der Waals surface area contributed by atoms with E-state index in [1.165, 1.54) is 12.8 Å². The Labute approximate surface area is 177 Å². The number of fused-ring (bicyclic) bond motifs is 1. The van der Waals surface area contributed by atoms with Crippen molar-refractivity contribution in [2.45, 2.75) is 31.9 Å². The van der Waals surface area contributed by atoms with Crippen LogP contribution in [0.5, 0.6) is 0 Å². The van der Waals surface area contributed by atoms with Crippen LogP contribution in [-0.2, 0) is 17.6 Å². The minimum absolute atomic E-state index is 0.0681. The molecular weight excluding hydrogens is 419 g/mol. The van der Waals surface area contributed by atoms with Gasteiger partial charge in [-0.15, -0.1) is 0 Å². The van der Waals surface area contributed by atoms with Gasteiger partial charge in [-0.05, 0) is 36.8 Å². The second-order valence-electron chi connectivity index (χ2n) is 7.24. The largest absolute Gasteiger partial charge is 0.490 e. The number of carboxylic acid groups (broad SMARTS) is 1. The van der Waals surface area contributed by atoms with Gasteiger partial charge in [-0.1, -0.05) is 0 Å². The quantitative estimate of drug-likeness (QED) is 0.559. The zero-order chi connectivity index (χ0) is 23.2. The van der Waals surface area contributed by atoms with Crippen LogP contribution in [0.3, 0.4) is 0 Å². The summed E-state index contributed by atoms with van der Waals surface area (Å²) in [7, 11) is 3.27. The molecule has 0 spiro atoms. The number of carbonyl (C=O) groups is 3. The summed E-state index contributed by atoms with van der Waals surface area (Å²) in [6, 6.07) is 1.87. The smallest absolute Gasteiger partial charge is 0.475 e. The SMILES string of the molecule is CNC(=O)c1cc2c(nc1NCC1CC1)CCN(C(=O)NC)CC2.O=C(O)C(F)(F)F. The Balaban J connectivity index is 0.000000423. The van der Waals surface area contributed by atoms with Crippen molar-refractivity contribution in [3.8, 4) is 0 Å². The first-order valence-electron chi connectivity index (χ1n) is 9.82. The number of aromatic nitrogens is 1. The minimum Gasteiger partial charge on any atom is -0.475 e. The summed E-state index contributed by atoms with van der Waals surface area (Å²) in [6.45, 7) is 2.14. The van der Waals surface area contributed by atoms with Crippen LogP contribution < -0.4 is 16.0 Å². The molecule has 9 nitrogen and oxygen atoms in total. The number of hydrogen-bond acceptors (Lipinski definition) is 5. The number of amides is 3. The van der Waals surface area contributed by atoms with Crippen LogP contribution in [0.25, 0.3) is 0 Å². The minimum atomic E-state index is -5.08. The number of rotatable bonds is 4. The van der Waals surface area contributed by atoms with Crippen molar-refractivity contribution in [1.82, 2.24) is 20.5 Å². The van der Waals surface area contributed by atoms with Crippen molar-refractivity contribution in [2.24, 2.45) is 5.92 Å². The fourth-order valence-electron chi connectivity index (χ4n) is 3.00. The van der Waals surface area contributed by atoms with Crippen molar-refractivity contribution in [2.75, 3.05) is 39.0 Å². The van der Waals surface area contributed by atoms with Gasteiger partial charge in [-0.25, -0.2) is 14.6 Å². The molecule has 1 saturated carbocycles. The highest BCUT2D eigenvalue weighted by atomic mass is 19.4. The van der Waals surface area contributed by atoms with Crippen molar-refractivity contribution < 1.29 is 32.7 Å². The molecule has 1 fully saturated rings. The molecule has 4 N–H and O–H groups in total. The summed E-state index contributed by atoms with van der Waals surface area (Å²) >= 11 is 0. The van der Waals surface area contributed by atoms with Crippen LogP contribution in [-0.4, -0.2) is 72.8 Å². The first-order chi connectivity index (χ1) is 14.6. The maximum atomic E-state index is 12.2. The lowest BCUT2D eigenvalue weighted by Gasteiger charge is -2.18. The molecule has 3 rings (SSSR count). The van der Waals surface area contributed by atoms with Gasteiger partial charge in [0.25, 0.3) is 5.91 Å². The summed E-state index contributed by atoms with van der Waals surface area (Å²) < 4.78 is 31.7. The predicted octanol–water partition coefficient (Wildman–Crippen LogP) is 1.64. The third-order valence-electron chi connectivity index (χ3n) is 4.93. The molecule has 1 aromatic rings. The van der Waals surface area contributed by atoms with Gasteiger partial charge in [0.1, 0.15) is 5.82 Å². The van der Waals surface area contributed by atoms with Gasteiger partial charge in [-0.2, -0.15) is 13.2 Å². The maximum absolute atomic E-state index is 12.2. The average Bonchev–Trinajstić information content (AvgIpc) is 3.56. The number of pyridine rings is 1. The number of urea groups is 1. The Morgan fingerprint density at radius 2 is 1.77 bits per heavy atom. The zero-order valence-corrected chi connectivity index (χ0v) is 17.3. The van der Waals surface area contributed by atoms with Gasteiger partial charge in [0, 0.05) is 45.8 Å². The third-order valence-corrected chi connectivity index (χ3v) is 4.93. The summed E-state index contributed by atoms with van der Waals surface area (Å²) in [5, 5.41) is 15.8. The Bertz CT molecular complexity index is 827. The Hall–Kier alpha value is -3.05. The van der Waals surface area contributed by atoms with Gasteiger partial charge < -0.3 is 26.0 Å². The molecule has 1 aliphatic carbocycles. The lowest BCUT2D eigenvalue weighted by Crippen LogP contribution is -2.39. The second kappa shape index (κ2) is 10.3. The molecule has 1 aliphatic heterocycles. The van der Waals surface area contributed by atoms with E-state index in [-0.39, 0.29) is 11.9 Å². The Morgan fingerprint density at radius 3 is 2.29 bits per heavy atom. The Kier molecular flexibility index (Phi) is 8.06. The van der Waals surface area contributed by atoms with Crippen molar-refractivity contribution in [3.63, 3.8) is 0 Å². The molecule has 3 amide bonds. The number of alkyl halides is 3. The van der Waals surface area contributed by atoms with E-state index in [1.807, 2.05) is 6.07 Å². The monoisotopic (exact) mass is 445 g/mol. The number of aliphatic carboxylic acids is 1. The fraction of sp³-hybridized carbons (Fsp3) is 0.579.